The Hall–Kier alpha value is -1.83. The Morgan fingerprint density at radius 2 is 1.77 bits per heavy atom. The number of allylic oxidation sites excluding steroid dienone is 8. The summed E-state index contributed by atoms with van der Waals surface area (Å²) in [6.45, 7) is 0. The number of rotatable bonds is 1. The zero-order chi connectivity index (χ0) is 9.26. The molecule has 0 saturated carbocycles. The quantitative estimate of drug-likeness (QED) is 0.656. The van der Waals surface area contributed by atoms with Gasteiger partial charge in [-0.1, -0.05) is 36.5 Å². The van der Waals surface area contributed by atoms with Crippen LogP contribution in [-0.2, 0) is 4.79 Å². The summed E-state index contributed by atoms with van der Waals surface area (Å²) in [5.41, 5.74) is 2.12. The highest BCUT2D eigenvalue weighted by atomic mass is 16.4. The molecule has 0 heterocycles. The molecule has 2 aliphatic rings. The van der Waals surface area contributed by atoms with E-state index in [1.54, 1.807) is 12.2 Å². The van der Waals surface area contributed by atoms with E-state index in [-0.39, 0.29) is 0 Å². The molecule has 64 valence electrons. The van der Waals surface area contributed by atoms with Crippen molar-refractivity contribution in [1.29, 1.82) is 0 Å². The monoisotopic (exact) mass is 172 g/mol. The zero-order valence-corrected chi connectivity index (χ0v) is 6.90. The van der Waals surface area contributed by atoms with E-state index < -0.39 is 5.97 Å². The molecular weight excluding hydrogens is 164 g/mol. The molecule has 2 nitrogen and oxygen atoms in total. The minimum atomic E-state index is -0.874. The molecule has 0 amide bonds. The third-order valence-electron chi connectivity index (χ3n) is 2.02. The Labute approximate surface area is 75.9 Å². The van der Waals surface area contributed by atoms with Crippen molar-refractivity contribution in [2.45, 2.75) is 0 Å². The molecule has 0 unspecified atom stereocenters. The van der Waals surface area contributed by atoms with Crippen LogP contribution in [0.4, 0.5) is 0 Å². The maximum absolute atomic E-state index is 10.8. The largest absolute Gasteiger partial charge is 0.478 e. The number of carbonyl (C=O) groups is 1. The summed E-state index contributed by atoms with van der Waals surface area (Å²) < 4.78 is 0. The molecule has 0 saturated heterocycles. The van der Waals surface area contributed by atoms with Crippen LogP contribution in [0.3, 0.4) is 0 Å². The molecule has 0 spiro atoms. The van der Waals surface area contributed by atoms with Crippen molar-refractivity contribution in [3.63, 3.8) is 0 Å². The van der Waals surface area contributed by atoms with Crippen molar-refractivity contribution in [2.24, 2.45) is 0 Å². The van der Waals surface area contributed by atoms with Gasteiger partial charge >= 0.3 is 5.97 Å². The lowest BCUT2D eigenvalue weighted by Crippen LogP contribution is -2.01. The molecule has 1 N–H and O–H groups in total. The van der Waals surface area contributed by atoms with Crippen LogP contribution in [0.1, 0.15) is 0 Å². The molecule has 2 aliphatic carbocycles. The predicted molar refractivity (Wildman–Crippen MR) is 50.2 cm³/mol. The lowest BCUT2D eigenvalue weighted by atomic mass is 10.0. The van der Waals surface area contributed by atoms with E-state index >= 15 is 0 Å². The maximum Gasteiger partial charge on any atom is 0.336 e. The summed E-state index contributed by atoms with van der Waals surface area (Å²) in [5.74, 6) is -0.874. The molecule has 0 aliphatic heterocycles. The Morgan fingerprint density at radius 1 is 1.08 bits per heavy atom. The minimum Gasteiger partial charge on any atom is -0.478 e. The molecule has 13 heavy (non-hydrogen) atoms. The fourth-order valence-corrected chi connectivity index (χ4v) is 1.41. The van der Waals surface area contributed by atoms with Gasteiger partial charge in [-0.15, -0.1) is 0 Å². The predicted octanol–water partition coefficient (Wildman–Crippen LogP) is 1.99. The highest BCUT2D eigenvalue weighted by molar-refractivity contribution is 5.95. The van der Waals surface area contributed by atoms with E-state index in [1.165, 1.54) is 0 Å². The number of aliphatic carboxylic acids is 1. The number of carboxylic acid groups (broad SMARTS) is 1. The van der Waals surface area contributed by atoms with Crippen molar-refractivity contribution in [1.82, 2.24) is 0 Å². The van der Waals surface area contributed by atoms with E-state index in [0.29, 0.717) is 5.57 Å². The highest BCUT2D eigenvalue weighted by Crippen LogP contribution is 2.25. The van der Waals surface area contributed by atoms with Gasteiger partial charge in [0.15, 0.2) is 0 Å². The van der Waals surface area contributed by atoms with E-state index in [4.69, 9.17) is 5.11 Å². The second-order valence-corrected chi connectivity index (χ2v) is 2.83. The van der Waals surface area contributed by atoms with Gasteiger partial charge in [0.25, 0.3) is 0 Å². The van der Waals surface area contributed by atoms with Crippen LogP contribution < -0.4 is 0 Å². The minimum absolute atomic E-state index is 0.367. The molecule has 0 atom stereocenters. The number of hydrogen-bond acceptors (Lipinski definition) is 1. The molecule has 0 fully saturated rings. The van der Waals surface area contributed by atoms with Gasteiger partial charge < -0.3 is 5.11 Å². The summed E-state index contributed by atoms with van der Waals surface area (Å²) >= 11 is 0. The normalized spacial score (nSPS) is 18.6. The lowest BCUT2D eigenvalue weighted by molar-refractivity contribution is -0.132. The maximum atomic E-state index is 10.8. The van der Waals surface area contributed by atoms with Crippen LogP contribution in [0.2, 0.25) is 0 Å². The summed E-state index contributed by atoms with van der Waals surface area (Å²) in [6.07, 6.45) is 12.8. The van der Waals surface area contributed by atoms with Gasteiger partial charge in [0.05, 0.1) is 5.57 Å². The van der Waals surface area contributed by atoms with Crippen molar-refractivity contribution in [3.8, 4) is 0 Å². The third-order valence-corrected chi connectivity index (χ3v) is 2.02. The fourth-order valence-electron chi connectivity index (χ4n) is 1.41. The van der Waals surface area contributed by atoms with E-state index in [2.05, 4.69) is 0 Å². The van der Waals surface area contributed by atoms with Gasteiger partial charge in [0.1, 0.15) is 0 Å². The molecule has 2 heteroatoms. The van der Waals surface area contributed by atoms with Gasteiger partial charge in [-0.2, -0.15) is 0 Å². The molecule has 0 aromatic heterocycles. The summed E-state index contributed by atoms with van der Waals surface area (Å²) in [5, 5.41) is 8.85. The summed E-state index contributed by atoms with van der Waals surface area (Å²) in [7, 11) is 0. The molecule has 0 radical (unpaired) electrons. The van der Waals surface area contributed by atoms with Gasteiger partial charge in [0.2, 0.25) is 0 Å². The van der Waals surface area contributed by atoms with Crippen molar-refractivity contribution < 1.29 is 9.90 Å². The molecule has 0 bridgehead atoms. The zero-order valence-electron chi connectivity index (χ0n) is 6.90. The van der Waals surface area contributed by atoms with Crippen LogP contribution in [0.5, 0.6) is 0 Å². The van der Waals surface area contributed by atoms with E-state index in [0.717, 1.165) is 11.1 Å². The molecule has 0 aromatic carbocycles. The van der Waals surface area contributed by atoms with Crippen LogP contribution in [0.15, 0.2) is 59.3 Å². The van der Waals surface area contributed by atoms with E-state index in [1.807, 2.05) is 30.4 Å². The smallest absolute Gasteiger partial charge is 0.336 e. The Balaban J connectivity index is 2.46. The number of carboxylic acids is 1. The average molecular weight is 172 g/mol. The summed E-state index contributed by atoms with van der Waals surface area (Å²) in [6, 6.07) is 0. The van der Waals surface area contributed by atoms with Gasteiger partial charge in [0, 0.05) is 0 Å². The first-order valence-corrected chi connectivity index (χ1v) is 4.00. The highest BCUT2D eigenvalue weighted by Gasteiger charge is 2.16. The van der Waals surface area contributed by atoms with Crippen LogP contribution in [0, 0.1) is 0 Å². The Kier molecular flexibility index (Phi) is 1.74. The molecule has 0 aromatic rings. The summed E-state index contributed by atoms with van der Waals surface area (Å²) in [4.78, 5) is 10.8. The van der Waals surface area contributed by atoms with Crippen molar-refractivity contribution in [3.05, 3.63) is 59.3 Å². The van der Waals surface area contributed by atoms with Gasteiger partial charge in [-0.25, -0.2) is 4.79 Å². The molecule has 2 rings (SSSR count). The second-order valence-electron chi connectivity index (χ2n) is 2.83. The molecular formula is C11H8O2. The number of hydrogen-bond donors (Lipinski definition) is 1. The first kappa shape index (κ1) is 7.80. The SMILES string of the molecule is O=C(O)C1=CC=CC1=C1C=CC=C1. The van der Waals surface area contributed by atoms with E-state index in [9.17, 15) is 4.79 Å². The standard InChI is InChI=1S/C11H8O2/c12-11(13)10-7-3-6-9(10)8-4-1-2-5-8/h1-7H,(H,12,13). The van der Waals surface area contributed by atoms with Crippen LogP contribution >= 0.6 is 0 Å². The van der Waals surface area contributed by atoms with Crippen LogP contribution in [0.25, 0.3) is 0 Å². The second kappa shape index (κ2) is 2.90. The Morgan fingerprint density at radius 3 is 2.38 bits per heavy atom. The fraction of sp³-hybridized carbons (Fsp3) is 0. The first-order chi connectivity index (χ1) is 6.29. The first-order valence-electron chi connectivity index (χ1n) is 4.00. The van der Waals surface area contributed by atoms with Crippen LogP contribution in [-0.4, -0.2) is 11.1 Å². The lowest BCUT2D eigenvalue weighted by Gasteiger charge is -2.00. The van der Waals surface area contributed by atoms with Crippen molar-refractivity contribution in [2.75, 3.05) is 0 Å². The van der Waals surface area contributed by atoms with Gasteiger partial charge in [-0.3, -0.25) is 0 Å². The Bertz CT molecular complexity index is 390. The average Bonchev–Trinajstić information content (AvgIpc) is 2.74. The third kappa shape index (κ3) is 1.26. The van der Waals surface area contributed by atoms with Gasteiger partial charge in [-0.05, 0) is 17.2 Å². The van der Waals surface area contributed by atoms with Crippen molar-refractivity contribution >= 4 is 5.97 Å². The topological polar surface area (TPSA) is 37.3 Å².